The smallest absolute Gasteiger partial charge is 0.339 e. The highest BCUT2D eigenvalue weighted by Crippen LogP contribution is 2.23. The van der Waals surface area contributed by atoms with Gasteiger partial charge in [0.2, 0.25) is 0 Å². The molecular weight excluding hydrogens is 288 g/mol. The predicted molar refractivity (Wildman–Crippen MR) is 62.4 cm³/mol. The Labute approximate surface area is 106 Å². The van der Waals surface area contributed by atoms with Gasteiger partial charge in [0.1, 0.15) is 6.33 Å². The van der Waals surface area contributed by atoms with Gasteiger partial charge >= 0.3 is 5.97 Å². The normalized spacial score (nSPS) is 10.2. The van der Waals surface area contributed by atoms with Crippen molar-refractivity contribution in [3.05, 3.63) is 40.1 Å². The van der Waals surface area contributed by atoms with E-state index < -0.39 is 0 Å². The van der Waals surface area contributed by atoms with Gasteiger partial charge in [-0.2, -0.15) is 0 Å². The molecule has 7 heteroatoms. The first-order valence-electron chi connectivity index (χ1n) is 4.79. The van der Waals surface area contributed by atoms with Crippen LogP contribution in [0.2, 0.25) is 0 Å². The van der Waals surface area contributed by atoms with E-state index in [2.05, 4.69) is 31.5 Å². The fourth-order valence-electron chi connectivity index (χ4n) is 1.40. The molecule has 2 rings (SSSR count). The molecule has 6 nitrogen and oxygen atoms in total. The van der Waals surface area contributed by atoms with Crippen molar-refractivity contribution < 1.29 is 9.53 Å². The Bertz CT molecular complexity index is 527. The highest BCUT2D eigenvalue weighted by atomic mass is 79.9. The van der Waals surface area contributed by atoms with Crippen LogP contribution in [0.15, 0.2) is 29.0 Å². The minimum atomic E-state index is -0.379. The molecule has 0 spiro atoms. The summed E-state index contributed by atoms with van der Waals surface area (Å²) in [7, 11) is 1.35. The van der Waals surface area contributed by atoms with E-state index in [9.17, 15) is 4.79 Å². The summed E-state index contributed by atoms with van der Waals surface area (Å²) in [5.74, 6) is -0.379. The second-order valence-electron chi connectivity index (χ2n) is 3.28. The Morgan fingerprint density at radius 2 is 2.35 bits per heavy atom. The number of hydrogen-bond acceptors (Lipinski definition) is 5. The molecular formula is C10H9BrN4O2. The summed E-state index contributed by atoms with van der Waals surface area (Å²) in [6.45, 7) is 0.485. The zero-order valence-electron chi connectivity index (χ0n) is 9.00. The molecule has 0 N–H and O–H groups in total. The molecule has 0 aliphatic heterocycles. The van der Waals surface area contributed by atoms with Crippen LogP contribution in [-0.2, 0) is 11.3 Å². The fraction of sp³-hybridized carbons (Fsp3) is 0.200. The summed E-state index contributed by atoms with van der Waals surface area (Å²) in [5, 5.41) is 10.9. The average Bonchev–Trinajstić information content (AvgIpc) is 2.84. The topological polar surface area (TPSA) is 69.9 Å². The second kappa shape index (κ2) is 5.05. The standard InChI is InChI=1S/C10H9BrN4O2/c1-17-10(16)8-4-2-3-7(9(8)11)5-15-6-12-13-14-15/h2-4,6H,5H2,1H3. The van der Waals surface area contributed by atoms with Crippen molar-refractivity contribution in [2.24, 2.45) is 0 Å². The van der Waals surface area contributed by atoms with Crippen LogP contribution < -0.4 is 0 Å². The average molecular weight is 297 g/mol. The van der Waals surface area contributed by atoms with E-state index in [1.54, 1.807) is 16.8 Å². The van der Waals surface area contributed by atoms with E-state index in [0.29, 0.717) is 16.6 Å². The Morgan fingerprint density at radius 1 is 1.53 bits per heavy atom. The van der Waals surface area contributed by atoms with Gasteiger partial charge in [0, 0.05) is 4.47 Å². The van der Waals surface area contributed by atoms with Crippen molar-refractivity contribution in [3.63, 3.8) is 0 Å². The number of ether oxygens (including phenoxy) is 1. The summed E-state index contributed by atoms with van der Waals surface area (Å²) in [5.41, 5.74) is 1.39. The number of aromatic nitrogens is 4. The number of methoxy groups -OCH3 is 1. The number of benzene rings is 1. The Hall–Kier alpha value is -1.76. The Morgan fingerprint density at radius 3 is 3.00 bits per heavy atom. The zero-order valence-corrected chi connectivity index (χ0v) is 10.6. The van der Waals surface area contributed by atoms with Gasteiger partial charge in [-0.05, 0) is 38.0 Å². The van der Waals surface area contributed by atoms with E-state index in [1.165, 1.54) is 13.4 Å². The number of halogens is 1. The molecule has 1 aromatic heterocycles. The number of hydrogen-bond donors (Lipinski definition) is 0. The molecule has 0 aliphatic carbocycles. The van der Waals surface area contributed by atoms with Crippen LogP contribution in [0, 0.1) is 0 Å². The SMILES string of the molecule is COC(=O)c1cccc(Cn2cnnn2)c1Br. The van der Waals surface area contributed by atoms with Crippen molar-refractivity contribution in [1.29, 1.82) is 0 Å². The number of tetrazole rings is 1. The lowest BCUT2D eigenvalue weighted by Crippen LogP contribution is -2.06. The number of esters is 1. The molecule has 88 valence electrons. The maximum absolute atomic E-state index is 11.5. The molecule has 0 fully saturated rings. The second-order valence-corrected chi connectivity index (χ2v) is 4.07. The van der Waals surface area contributed by atoms with Crippen LogP contribution in [0.3, 0.4) is 0 Å². The monoisotopic (exact) mass is 296 g/mol. The van der Waals surface area contributed by atoms with Gasteiger partial charge in [-0.1, -0.05) is 12.1 Å². The number of carbonyl (C=O) groups excluding carboxylic acids is 1. The van der Waals surface area contributed by atoms with E-state index in [0.717, 1.165) is 5.56 Å². The number of nitrogens with zero attached hydrogens (tertiary/aromatic N) is 4. The quantitative estimate of drug-likeness (QED) is 0.798. The molecule has 0 radical (unpaired) electrons. The van der Waals surface area contributed by atoms with Crippen LogP contribution in [0.4, 0.5) is 0 Å². The van der Waals surface area contributed by atoms with Gasteiger partial charge in [0.05, 0.1) is 19.2 Å². The van der Waals surface area contributed by atoms with Crippen molar-refractivity contribution in [2.45, 2.75) is 6.54 Å². The Balaban J connectivity index is 2.32. The molecule has 1 aromatic carbocycles. The van der Waals surface area contributed by atoms with Gasteiger partial charge in [0.25, 0.3) is 0 Å². The van der Waals surface area contributed by atoms with Gasteiger partial charge < -0.3 is 4.74 Å². The maximum Gasteiger partial charge on any atom is 0.339 e. The van der Waals surface area contributed by atoms with Crippen molar-refractivity contribution >= 4 is 21.9 Å². The van der Waals surface area contributed by atoms with Crippen molar-refractivity contribution in [3.8, 4) is 0 Å². The van der Waals surface area contributed by atoms with Crippen LogP contribution in [0.25, 0.3) is 0 Å². The summed E-state index contributed by atoms with van der Waals surface area (Å²) in [6, 6.07) is 5.37. The molecule has 0 bridgehead atoms. The first-order chi connectivity index (χ1) is 8.22. The fourth-order valence-corrected chi connectivity index (χ4v) is 1.95. The molecule has 17 heavy (non-hydrogen) atoms. The molecule has 1 heterocycles. The lowest BCUT2D eigenvalue weighted by atomic mass is 10.1. The summed E-state index contributed by atoms with van der Waals surface area (Å²) in [4.78, 5) is 11.5. The van der Waals surface area contributed by atoms with E-state index in [-0.39, 0.29) is 5.97 Å². The van der Waals surface area contributed by atoms with E-state index >= 15 is 0 Å². The molecule has 0 unspecified atom stereocenters. The molecule has 0 saturated carbocycles. The lowest BCUT2D eigenvalue weighted by molar-refractivity contribution is 0.0599. The van der Waals surface area contributed by atoms with Crippen LogP contribution in [-0.4, -0.2) is 33.3 Å². The molecule has 0 saturated heterocycles. The highest BCUT2D eigenvalue weighted by molar-refractivity contribution is 9.10. The first-order valence-corrected chi connectivity index (χ1v) is 5.58. The third-order valence-corrected chi connectivity index (χ3v) is 3.14. The zero-order chi connectivity index (χ0) is 12.3. The molecule has 0 amide bonds. The Kier molecular flexibility index (Phi) is 3.48. The van der Waals surface area contributed by atoms with Crippen molar-refractivity contribution in [2.75, 3.05) is 7.11 Å². The summed E-state index contributed by atoms with van der Waals surface area (Å²) in [6.07, 6.45) is 1.51. The maximum atomic E-state index is 11.5. The molecule has 0 atom stereocenters. The summed E-state index contributed by atoms with van der Waals surface area (Å²) >= 11 is 3.39. The highest BCUT2D eigenvalue weighted by Gasteiger charge is 2.13. The van der Waals surface area contributed by atoms with Gasteiger partial charge in [-0.15, -0.1) is 5.10 Å². The third-order valence-electron chi connectivity index (χ3n) is 2.21. The number of carbonyl (C=O) groups is 1. The minimum Gasteiger partial charge on any atom is -0.465 e. The van der Waals surface area contributed by atoms with Gasteiger partial charge in [-0.3, -0.25) is 0 Å². The molecule has 2 aromatic rings. The van der Waals surface area contributed by atoms with Gasteiger partial charge in [0.15, 0.2) is 0 Å². The third kappa shape index (κ3) is 2.50. The van der Waals surface area contributed by atoms with E-state index in [4.69, 9.17) is 4.74 Å². The lowest BCUT2D eigenvalue weighted by Gasteiger charge is -2.07. The summed E-state index contributed by atoms with van der Waals surface area (Å²) < 4.78 is 6.96. The predicted octanol–water partition coefficient (Wildman–Crippen LogP) is 1.27. The van der Waals surface area contributed by atoms with Crippen LogP contribution in [0.5, 0.6) is 0 Å². The van der Waals surface area contributed by atoms with Crippen LogP contribution >= 0.6 is 15.9 Å². The van der Waals surface area contributed by atoms with Crippen LogP contribution in [0.1, 0.15) is 15.9 Å². The van der Waals surface area contributed by atoms with Gasteiger partial charge in [-0.25, -0.2) is 9.48 Å². The minimum absolute atomic E-state index is 0.379. The van der Waals surface area contributed by atoms with Crippen molar-refractivity contribution in [1.82, 2.24) is 20.2 Å². The van der Waals surface area contributed by atoms with E-state index in [1.807, 2.05) is 6.07 Å². The number of rotatable bonds is 3. The largest absolute Gasteiger partial charge is 0.465 e. The first kappa shape index (κ1) is 11.7. The molecule has 0 aliphatic rings.